The zero-order valence-electron chi connectivity index (χ0n) is 7.46. The van der Waals surface area contributed by atoms with Crippen LogP contribution in [0.4, 0.5) is 0 Å². The van der Waals surface area contributed by atoms with Crippen molar-refractivity contribution in [3.05, 3.63) is 24.0 Å². The smallest absolute Gasteiger partial charge is 0.115 e. The minimum Gasteiger partial charge on any atom is -0.248 e. The molecule has 2 radical (unpaired) electrons. The van der Waals surface area contributed by atoms with Gasteiger partial charge in [-0.3, -0.25) is 0 Å². The fourth-order valence-electron chi connectivity index (χ4n) is 1.09. The largest absolute Gasteiger partial charge is 0.248 e. The van der Waals surface area contributed by atoms with Crippen molar-refractivity contribution in [1.29, 1.82) is 0 Å². The number of hydrogen-bond donors (Lipinski definition) is 0. The second-order valence-corrected chi connectivity index (χ2v) is 3.43. The quantitative estimate of drug-likeness (QED) is 0.449. The van der Waals surface area contributed by atoms with Gasteiger partial charge in [0.05, 0.1) is 0 Å². The Kier molecular flexibility index (Phi) is 2.36. The van der Waals surface area contributed by atoms with Crippen LogP contribution in [-0.4, -0.2) is 12.8 Å². The monoisotopic (exact) mass is 167 g/mol. The van der Waals surface area contributed by atoms with Crippen LogP contribution >= 0.6 is 0 Å². The molecule has 13 heavy (non-hydrogen) atoms. The first-order chi connectivity index (χ1) is 6.34. The Morgan fingerprint density at radius 3 is 2.92 bits per heavy atom. The highest BCUT2D eigenvalue weighted by Gasteiger charge is 2.19. The van der Waals surface area contributed by atoms with E-state index in [1.165, 1.54) is 12.8 Å². The normalized spacial score (nSPS) is 14.8. The summed E-state index contributed by atoms with van der Waals surface area (Å²) in [5.41, 5.74) is 1.50. The number of aromatic nitrogens is 1. The summed E-state index contributed by atoms with van der Waals surface area (Å²) < 4.78 is 0. The lowest BCUT2D eigenvalue weighted by atomic mass is 9.99. The maximum Gasteiger partial charge on any atom is 0.115 e. The Labute approximate surface area is 80.0 Å². The molecule has 1 aromatic heterocycles. The van der Waals surface area contributed by atoms with Gasteiger partial charge in [-0.25, -0.2) is 4.98 Å². The molecule has 0 N–H and O–H groups in total. The van der Waals surface area contributed by atoms with Crippen molar-refractivity contribution < 1.29 is 0 Å². The third kappa shape index (κ3) is 2.63. The number of nitrogens with zero attached hydrogens (tertiary/aromatic N) is 1. The van der Waals surface area contributed by atoms with E-state index < -0.39 is 0 Å². The topological polar surface area (TPSA) is 12.9 Å². The maximum atomic E-state index is 5.50. The van der Waals surface area contributed by atoms with Gasteiger partial charge in [-0.2, -0.15) is 0 Å². The molecule has 2 rings (SSSR count). The van der Waals surface area contributed by atoms with Crippen LogP contribution in [0.1, 0.15) is 25.0 Å². The van der Waals surface area contributed by atoms with Crippen LogP contribution in [0.2, 0.25) is 0 Å². The fraction of sp³-hybridized carbons (Fsp3) is 0.364. The summed E-state index contributed by atoms with van der Waals surface area (Å²) in [5, 5.41) is 0. The van der Waals surface area contributed by atoms with Crippen LogP contribution < -0.4 is 5.46 Å². The highest BCUT2D eigenvalue weighted by Crippen LogP contribution is 2.31. The second kappa shape index (κ2) is 3.66. The summed E-state index contributed by atoms with van der Waals surface area (Å²) in [7, 11) is 5.50. The van der Waals surface area contributed by atoms with Crippen LogP contribution in [-0.2, 0) is 0 Å². The molecule has 1 nitrogen and oxygen atoms in total. The Hall–Kier alpha value is -1.23. The zero-order chi connectivity index (χ0) is 9.10. The van der Waals surface area contributed by atoms with Crippen molar-refractivity contribution in [3.63, 3.8) is 0 Å². The number of pyridine rings is 1. The third-order valence-corrected chi connectivity index (χ3v) is 2.09. The minimum atomic E-state index is 0.688. The van der Waals surface area contributed by atoms with E-state index in [1.54, 1.807) is 6.20 Å². The van der Waals surface area contributed by atoms with Gasteiger partial charge in [0.15, 0.2) is 0 Å². The van der Waals surface area contributed by atoms with Crippen molar-refractivity contribution >= 4 is 13.3 Å². The molecule has 1 aliphatic carbocycles. The first kappa shape index (κ1) is 8.38. The molecule has 0 amide bonds. The summed E-state index contributed by atoms with van der Waals surface area (Å²) >= 11 is 0. The molecule has 1 fully saturated rings. The first-order valence-corrected chi connectivity index (χ1v) is 4.55. The summed E-state index contributed by atoms with van der Waals surface area (Å²) in [4.78, 5) is 4.10. The van der Waals surface area contributed by atoms with E-state index in [0.717, 1.165) is 18.0 Å². The lowest BCUT2D eigenvalue weighted by molar-refractivity contribution is 0.884. The molecular formula is C11H10BN. The lowest BCUT2D eigenvalue weighted by Gasteiger charge is -1.90. The Balaban J connectivity index is 1.98. The van der Waals surface area contributed by atoms with E-state index in [1.807, 2.05) is 12.1 Å². The van der Waals surface area contributed by atoms with E-state index in [2.05, 4.69) is 16.8 Å². The average molecular weight is 167 g/mol. The molecule has 2 heteroatoms. The minimum absolute atomic E-state index is 0.688. The first-order valence-electron chi connectivity index (χ1n) is 4.55. The van der Waals surface area contributed by atoms with Crippen molar-refractivity contribution in [2.75, 3.05) is 0 Å². The fourth-order valence-corrected chi connectivity index (χ4v) is 1.09. The van der Waals surface area contributed by atoms with Gasteiger partial charge in [0.1, 0.15) is 13.5 Å². The molecular weight excluding hydrogens is 157 g/mol. The van der Waals surface area contributed by atoms with Gasteiger partial charge in [-0.05, 0) is 30.7 Å². The Morgan fingerprint density at radius 2 is 2.31 bits per heavy atom. The van der Waals surface area contributed by atoms with E-state index >= 15 is 0 Å². The number of hydrogen-bond acceptors (Lipinski definition) is 1. The molecule has 1 aliphatic rings. The van der Waals surface area contributed by atoms with Crippen LogP contribution in [0.3, 0.4) is 0 Å². The van der Waals surface area contributed by atoms with Crippen LogP contribution in [0, 0.1) is 17.8 Å². The predicted octanol–water partition coefficient (Wildman–Crippen LogP) is 1.03. The standard InChI is InChI=1S/C11H10BN/c12-10-6-7-11(13-8-10)3-1-2-9-4-5-9/h6-9H,2,4-5H2. The Bertz CT molecular complexity index is 341. The highest BCUT2D eigenvalue weighted by atomic mass is 14.6. The molecule has 0 aliphatic heterocycles. The van der Waals surface area contributed by atoms with Gasteiger partial charge >= 0.3 is 0 Å². The van der Waals surface area contributed by atoms with E-state index in [9.17, 15) is 0 Å². The summed E-state index contributed by atoms with van der Waals surface area (Å²) in [5.74, 6) is 7.02. The SMILES string of the molecule is [B]c1ccc(C#CCC2CC2)nc1. The summed E-state index contributed by atoms with van der Waals surface area (Å²) in [6.07, 6.45) is 5.36. The van der Waals surface area contributed by atoms with Gasteiger partial charge in [0.25, 0.3) is 0 Å². The van der Waals surface area contributed by atoms with Gasteiger partial charge in [-0.15, -0.1) is 0 Å². The van der Waals surface area contributed by atoms with Gasteiger partial charge < -0.3 is 0 Å². The van der Waals surface area contributed by atoms with Crippen molar-refractivity contribution in [2.24, 2.45) is 5.92 Å². The molecule has 1 heterocycles. The molecule has 0 spiro atoms. The highest BCUT2D eigenvalue weighted by molar-refractivity contribution is 6.32. The third-order valence-electron chi connectivity index (χ3n) is 2.09. The second-order valence-electron chi connectivity index (χ2n) is 3.43. The Morgan fingerprint density at radius 1 is 1.46 bits per heavy atom. The molecule has 0 bridgehead atoms. The molecule has 0 saturated heterocycles. The summed E-state index contributed by atoms with van der Waals surface area (Å²) in [6.45, 7) is 0. The van der Waals surface area contributed by atoms with Gasteiger partial charge in [0, 0.05) is 12.6 Å². The van der Waals surface area contributed by atoms with Gasteiger partial charge in [-0.1, -0.05) is 17.4 Å². The molecule has 62 valence electrons. The van der Waals surface area contributed by atoms with E-state index in [4.69, 9.17) is 7.85 Å². The molecule has 0 aromatic carbocycles. The lowest BCUT2D eigenvalue weighted by Crippen LogP contribution is -2.02. The van der Waals surface area contributed by atoms with Gasteiger partial charge in [0.2, 0.25) is 0 Å². The van der Waals surface area contributed by atoms with E-state index in [-0.39, 0.29) is 0 Å². The summed E-state index contributed by atoms with van der Waals surface area (Å²) in [6, 6.07) is 3.68. The van der Waals surface area contributed by atoms with Crippen LogP contribution in [0.5, 0.6) is 0 Å². The van der Waals surface area contributed by atoms with Crippen molar-refractivity contribution in [3.8, 4) is 11.8 Å². The predicted molar refractivity (Wildman–Crippen MR) is 53.8 cm³/mol. The zero-order valence-corrected chi connectivity index (χ0v) is 7.46. The van der Waals surface area contributed by atoms with Crippen LogP contribution in [0.25, 0.3) is 0 Å². The maximum absolute atomic E-state index is 5.50. The number of rotatable bonds is 1. The van der Waals surface area contributed by atoms with E-state index in [0.29, 0.717) is 5.46 Å². The van der Waals surface area contributed by atoms with Crippen molar-refractivity contribution in [1.82, 2.24) is 4.98 Å². The van der Waals surface area contributed by atoms with Crippen LogP contribution in [0.15, 0.2) is 18.3 Å². The van der Waals surface area contributed by atoms with Crippen molar-refractivity contribution in [2.45, 2.75) is 19.3 Å². The average Bonchev–Trinajstić information content (AvgIpc) is 2.92. The molecule has 1 saturated carbocycles. The molecule has 0 atom stereocenters. The molecule has 0 unspecified atom stereocenters. The molecule has 1 aromatic rings.